The lowest BCUT2D eigenvalue weighted by Gasteiger charge is -2.44. The summed E-state index contributed by atoms with van der Waals surface area (Å²) in [6.07, 6.45) is 0.957. The van der Waals surface area contributed by atoms with Gasteiger partial charge in [0.25, 0.3) is 0 Å². The highest BCUT2D eigenvalue weighted by atomic mass is 35.6. The lowest BCUT2D eigenvalue weighted by Crippen LogP contribution is -2.55. The van der Waals surface area contributed by atoms with Gasteiger partial charge in [-0.05, 0) is 24.0 Å². The van der Waals surface area contributed by atoms with Crippen LogP contribution in [0.5, 0.6) is 0 Å². The minimum Gasteiger partial charge on any atom is -0.396 e. The molecule has 0 aliphatic carbocycles. The standard InChI is InChI=1S/C13H11Cl9O/c14-10(15,11(16,17)12(18,19)13(20,21)22)9-6-2-1-4-8(9)5-3-7-23/h1-2,4,6,23H,3,5,7H2. The second-order valence-electron chi connectivity index (χ2n) is 4.71. The third-order valence-corrected chi connectivity index (χ3v) is 8.55. The Hall–Kier alpha value is 1.79. The molecule has 0 spiro atoms. The van der Waals surface area contributed by atoms with E-state index in [0.29, 0.717) is 24.0 Å². The maximum absolute atomic E-state index is 9.00. The molecule has 0 bridgehead atoms. The quantitative estimate of drug-likeness (QED) is 0.417. The molecule has 0 atom stereocenters. The van der Waals surface area contributed by atoms with Crippen LogP contribution in [0.2, 0.25) is 0 Å². The third-order valence-electron chi connectivity index (χ3n) is 3.10. The Morgan fingerprint density at radius 1 is 0.783 bits per heavy atom. The van der Waals surface area contributed by atoms with E-state index in [1.54, 1.807) is 24.3 Å². The summed E-state index contributed by atoms with van der Waals surface area (Å²) in [4.78, 5) is 0. The number of alkyl halides is 9. The molecule has 0 aliphatic rings. The highest BCUT2D eigenvalue weighted by molar-refractivity contribution is 6.80. The number of rotatable bonds is 6. The van der Waals surface area contributed by atoms with Crippen molar-refractivity contribution < 1.29 is 5.11 Å². The molecule has 0 saturated carbocycles. The highest BCUT2D eigenvalue weighted by Crippen LogP contribution is 2.65. The number of hydrogen-bond donors (Lipinski definition) is 1. The van der Waals surface area contributed by atoms with Crippen molar-refractivity contribution in [3.63, 3.8) is 0 Å². The zero-order valence-corrected chi connectivity index (χ0v) is 18.1. The molecule has 1 rings (SSSR count). The van der Waals surface area contributed by atoms with Gasteiger partial charge in [0.15, 0.2) is 8.67 Å². The van der Waals surface area contributed by atoms with Gasteiger partial charge in [-0.1, -0.05) is 129 Å². The molecule has 0 aromatic heterocycles. The summed E-state index contributed by atoms with van der Waals surface area (Å²) < 4.78 is -8.89. The van der Waals surface area contributed by atoms with Gasteiger partial charge >= 0.3 is 0 Å². The monoisotopic (exact) mass is 498 g/mol. The molecule has 1 N–H and O–H groups in total. The average molecular weight is 502 g/mol. The molecule has 0 fully saturated rings. The van der Waals surface area contributed by atoms with Crippen molar-refractivity contribution in [2.45, 2.75) is 29.6 Å². The molecule has 0 unspecified atom stereocenters. The van der Waals surface area contributed by atoms with E-state index >= 15 is 0 Å². The van der Waals surface area contributed by atoms with Crippen molar-refractivity contribution in [3.8, 4) is 0 Å². The Labute approximate surface area is 180 Å². The molecule has 1 nitrogen and oxygen atoms in total. The van der Waals surface area contributed by atoms with Crippen LogP contribution >= 0.6 is 104 Å². The largest absolute Gasteiger partial charge is 0.396 e. The van der Waals surface area contributed by atoms with E-state index in [9.17, 15) is 0 Å². The number of hydrogen-bond acceptors (Lipinski definition) is 1. The van der Waals surface area contributed by atoms with E-state index in [1.165, 1.54) is 0 Å². The van der Waals surface area contributed by atoms with Crippen LogP contribution < -0.4 is 0 Å². The third kappa shape index (κ3) is 4.56. The molecule has 132 valence electrons. The van der Waals surface area contributed by atoms with E-state index in [0.717, 1.165) is 0 Å². The zero-order chi connectivity index (χ0) is 18.1. The predicted molar refractivity (Wildman–Crippen MR) is 104 cm³/mol. The van der Waals surface area contributed by atoms with Gasteiger partial charge in [0.05, 0.1) is 0 Å². The van der Waals surface area contributed by atoms with Crippen LogP contribution in [0.3, 0.4) is 0 Å². The Morgan fingerprint density at radius 2 is 1.30 bits per heavy atom. The Bertz CT molecular complexity index is 536. The van der Waals surface area contributed by atoms with Crippen molar-refractivity contribution >= 4 is 104 Å². The first-order chi connectivity index (χ1) is 10.3. The van der Waals surface area contributed by atoms with Gasteiger partial charge in [0.2, 0.25) is 8.13 Å². The van der Waals surface area contributed by atoms with Crippen molar-refractivity contribution in [3.05, 3.63) is 35.4 Å². The molecule has 0 heterocycles. The zero-order valence-electron chi connectivity index (χ0n) is 11.3. The summed E-state index contributed by atoms with van der Waals surface area (Å²) >= 11 is 54.9. The van der Waals surface area contributed by atoms with E-state index in [4.69, 9.17) is 110 Å². The van der Waals surface area contributed by atoms with Gasteiger partial charge in [-0.3, -0.25) is 0 Å². The number of aliphatic hydroxyl groups excluding tert-OH is 1. The van der Waals surface area contributed by atoms with Gasteiger partial charge in [-0.25, -0.2) is 0 Å². The van der Waals surface area contributed by atoms with Gasteiger partial charge in [-0.15, -0.1) is 0 Å². The van der Waals surface area contributed by atoms with Crippen LogP contribution in [0.25, 0.3) is 0 Å². The summed E-state index contributed by atoms with van der Waals surface area (Å²) in [6, 6.07) is 6.82. The van der Waals surface area contributed by atoms with Gasteiger partial charge in [-0.2, -0.15) is 0 Å². The number of aliphatic hydroxyl groups is 1. The van der Waals surface area contributed by atoms with E-state index in [2.05, 4.69) is 0 Å². The molecular weight excluding hydrogens is 491 g/mol. The minimum atomic E-state index is -2.33. The van der Waals surface area contributed by atoms with Gasteiger partial charge in [0.1, 0.15) is 0 Å². The molecule has 0 saturated heterocycles. The van der Waals surface area contributed by atoms with Gasteiger partial charge in [0, 0.05) is 6.61 Å². The van der Waals surface area contributed by atoms with Crippen LogP contribution in [0.4, 0.5) is 0 Å². The molecule has 1 aromatic rings. The fourth-order valence-electron chi connectivity index (χ4n) is 1.86. The van der Waals surface area contributed by atoms with Crippen LogP contribution in [-0.2, 0) is 10.8 Å². The number of halogens is 9. The first-order valence-corrected chi connectivity index (χ1v) is 9.60. The lowest BCUT2D eigenvalue weighted by atomic mass is 9.97. The smallest absolute Gasteiger partial charge is 0.226 e. The highest BCUT2D eigenvalue weighted by Gasteiger charge is 2.68. The summed E-state index contributed by atoms with van der Waals surface area (Å²) in [7, 11) is 0. The molecule has 0 radical (unpaired) electrons. The van der Waals surface area contributed by atoms with Crippen molar-refractivity contribution in [2.24, 2.45) is 0 Å². The summed E-state index contributed by atoms with van der Waals surface area (Å²) in [5.74, 6) is 0. The molecular formula is C13H11Cl9O. The van der Waals surface area contributed by atoms with Gasteiger partial charge < -0.3 is 5.11 Å². The lowest BCUT2D eigenvalue weighted by molar-refractivity contribution is 0.288. The number of aryl methyl sites for hydroxylation is 1. The number of benzene rings is 1. The van der Waals surface area contributed by atoms with Crippen LogP contribution in [0, 0.1) is 0 Å². The summed E-state index contributed by atoms with van der Waals surface area (Å²) in [5.41, 5.74) is 1.05. The SMILES string of the molecule is OCCCc1ccccc1C(Cl)(Cl)C(Cl)(Cl)C(Cl)(Cl)C(Cl)(Cl)Cl. The van der Waals surface area contributed by atoms with Crippen molar-refractivity contribution in [1.82, 2.24) is 0 Å². The Balaban J connectivity index is 3.41. The summed E-state index contributed by atoms with van der Waals surface area (Å²) in [5, 5.41) is 9.00. The second kappa shape index (κ2) is 8.21. The first kappa shape index (κ1) is 22.8. The minimum absolute atomic E-state index is 0.0120. The van der Waals surface area contributed by atoms with E-state index in [-0.39, 0.29) is 6.61 Å². The predicted octanol–water partition coefficient (Wildman–Crippen LogP) is 6.96. The van der Waals surface area contributed by atoms with Crippen LogP contribution in [-0.4, -0.2) is 24.2 Å². The topological polar surface area (TPSA) is 20.2 Å². The normalized spacial score (nSPS) is 14.2. The Morgan fingerprint density at radius 3 is 1.78 bits per heavy atom. The molecule has 1 aromatic carbocycles. The van der Waals surface area contributed by atoms with E-state index in [1.807, 2.05) is 0 Å². The van der Waals surface area contributed by atoms with Crippen molar-refractivity contribution in [2.75, 3.05) is 6.61 Å². The molecule has 23 heavy (non-hydrogen) atoms. The Kier molecular flexibility index (Phi) is 8.15. The maximum Gasteiger partial charge on any atom is 0.226 e. The molecule has 10 heteroatoms. The van der Waals surface area contributed by atoms with E-state index < -0.39 is 16.8 Å². The molecule has 0 aliphatic heterocycles. The van der Waals surface area contributed by atoms with Crippen LogP contribution in [0.1, 0.15) is 17.5 Å². The first-order valence-electron chi connectivity index (χ1n) is 6.20. The fourth-order valence-corrected chi connectivity index (χ4v) is 4.19. The molecule has 0 amide bonds. The fraction of sp³-hybridized carbons (Fsp3) is 0.538. The second-order valence-corrected chi connectivity index (χ2v) is 11.0. The van der Waals surface area contributed by atoms with Crippen LogP contribution in [0.15, 0.2) is 24.3 Å². The maximum atomic E-state index is 9.00. The average Bonchev–Trinajstić information content (AvgIpc) is 2.43. The van der Waals surface area contributed by atoms with Crippen molar-refractivity contribution in [1.29, 1.82) is 0 Å². The summed E-state index contributed by atoms with van der Waals surface area (Å²) in [6.45, 7) is -0.0120.